The Morgan fingerprint density at radius 2 is 0.855 bits per heavy atom. The summed E-state index contributed by atoms with van der Waals surface area (Å²) >= 11 is 0. The number of hydrogen-bond acceptors (Lipinski definition) is 3. The number of anilines is 3. The summed E-state index contributed by atoms with van der Waals surface area (Å²) in [5.41, 5.74) is 13.6. The molecular weight excluding hydrogens is 671 g/mol. The molecule has 3 heteroatoms. The highest BCUT2D eigenvalue weighted by atomic mass is 16.3. The summed E-state index contributed by atoms with van der Waals surface area (Å²) in [5.74, 6) is 0. The van der Waals surface area contributed by atoms with Crippen LogP contribution in [0.25, 0.3) is 88.0 Å². The van der Waals surface area contributed by atoms with E-state index in [1.54, 1.807) is 0 Å². The summed E-state index contributed by atoms with van der Waals surface area (Å²) in [5, 5.41) is 6.64. The zero-order valence-electron chi connectivity index (χ0n) is 29.8. The molecule has 0 aliphatic heterocycles. The number of nitrogens with zero attached hydrogens (tertiary/aromatic N) is 1. The van der Waals surface area contributed by atoms with Gasteiger partial charge in [0.05, 0.1) is 5.69 Å². The summed E-state index contributed by atoms with van der Waals surface area (Å²) in [7, 11) is 0. The van der Waals surface area contributed by atoms with Crippen LogP contribution in [0.15, 0.2) is 209 Å². The first-order valence-corrected chi connectivity index (χ1v) is 18.7. The summed E-state index contributed by atoms with van der Waals surface area (Å²) in [6.45, 7) is 0. The lowest BCUT2D eigenvalue weighted by Crippen LogP contribution is -2.10. The Kier molecular flexibility index (Phi) is 7.17. The highest BCUT2D eigenvalue weighted by Gasteiger charge is 2.21. The summed E-state index contributed by atoms with van der Waals surface area (Å²) in [6, 6.07) is 70.9. The molecule has 0 saturated carbocycles. The number of para-hydroxylation sites is 3. The van der Waals surface area contributed by atoms with E-state index in [9.17, 15) is 0 Å². The van der Waals surface area contributed by atoms with E-state index in [1.807, 2.05) is 12.1 Å². The molecule has 3 nitrogen and oxygen atoms in total. The second-order valence-corrected chi connectivity index (χ2v) is 14.1. The van der Waals surface area contributed by atoms with E-state index < -0.39 is 0 Å². The Bertz CT molecular complexity index is 3190. The average molecular weight is 704 g/mol. The molecule has 0 fully saturated rings. The molecule has 2 heterocycles. The highest BCUT2D eigenvalue weighted by Crippen LogP contribution is 2.46. The van der Waals surface area contributed by atoms with Gasteiger partial charge in [0.1, 0.15) is 22.3 Å². The molecule has 0 spiro atoms. The molecule has 0 bridgehead atoms. The first-order chi connectivity index (χ1) is 27.3. The molecule has 0 unspecified atom stereocenters. The second-order valence-electron chi connectivity index (χ2n) is 14.1. The van der Waals surface area contributed by atoms with Crippen LogP contribution >= 0.6 is 0 Å². The van der Waals surface area contributed by atoms with Crippen molar-refractivity contribution in [1.82, 2.24) is 0 Å². The van der Waals surface area contributed by atoms with Crippen LogP contribution in [0.1, 0.15) is 0 Å². The van der Waals surface area contributed by atoms with Crippen molar-refractivity contribution < 1.29 is 8.83 Å². The standard InChI is InChI=1S/C52H33NO2/c1-3-13-34(14-4-1)36-15-11-16-38(31-36)41-22-12-23-46-47-33-48(42-19-7-8-21-45(42)52(47)55-51(41)46)53(39-17-5-2-6-18-39)40-28-25-35(26-29-40)37-27-30-44-43-20-9-10-24-49(43)54-50(44)32-37/h1-33H. The fourth-order valence-electron chi connectivity index (χ4n) is 8.22. The Hall–Kier alpha value is -7.36. The van der Waals surface area contributed by atoms with Crippen molar-refractivity contribution in [2.75, 3.05) is 4.90 Å². The van der Waals surface area contributed by atoms with Gasteiger partial charge in [-0.2, -0.15) is 0 Å². The van der Waals surface area contributed by atoms with Gasteiger partial charge in [-0.15, -0.1) is 0 Å². The van der Waals surface area contributed by atoms with Crippen LogP contribution < -0.4 is 4.90 Å². The zero-order chi connectivity index (χ0) is 36.3. The Labute approximate surface area is 317 Å². The van der Waals surface area contributed by atoms with Gasteiger partial charge in [-0.1, -0.05) is 146 Å². The van der Waals surface area contributed by atoms with Crippen LogP contribution in [0.2, 0.25) is 0 Å². The van der Waals surface area contributed by atoms with Gasteiger partial charge in [-0.3, -0.25) is 0 Å². The van der Waals surface area contributed by atoms with Gasteiger partial charge >= 0.3 is 0 Å². The van der Waals surface area contributed by atoms with Crippen LogP contribution in [0.5, 0.6) is 0 Å². The number of benzene rings is 9. The molecule has 11 aromatic rings. The van der Waals surface area contributed by atoms with Crippen LogP contribution in [-0.2, 0) is 0 Å². The second kappa shape index (κ2) is 12.6. The van der Waals surface area contributed by atoms with E-state index in [4.69, 9.17) is 8.83 Å². The largest absolute Gasteiger partial charge is 0.456 e. The van der Waals surface area contributed by atoms with Crippen molar-refractivity contribution in [2.24, 2.45) is 0 Å². The SMILES string of the molecule is c1ccc(-c2cccc(-c3cccc4c3oc3c5ccccc5c(N(c5ccccc5)c5ccc(-c6ccc7c(c6)oc6ccccc67)cc5)cc43)c2)cc1. The summed E-state index contributed by atoms with van der Waals surface area (Å²) < 4.78 is 13.2. The van der Waals surface area contributed by atoms with Crippen LogP contribution in [-0.4, -0.2) is 0 Å². The molecule has 0 amide bonds. The monoisotopic (exact) mass is 703 g/mol. The molecule has 0 aliphatic rings. The molecule has 2 aromatic heterocycles. The molecule has 0 radical (unpaired) electrons. The van der Waals surface area contributed by atoms with E-state index in [-0.39, 0.29) is 0 Å². The lowest BCUT2D eigenvalue weighted by molar-refractivity contribution is 0.669. The van der Waals surface area contributed by atoms with Gasteiger partial charge in [0.25, 0.3) is 0 Å². The predicted molar refractivity (Wildman–Crippen MR) is 229 cm³/mol. The lowest BCUT2D eigenvalue weighted by Gasteiger charge is -2.27. The van der Waals surface area contributed by atoms with Gasteiger partial charge < -0.3 is 13.7 Å². The smallest absolute Gasteiger partial charge is 0.143 e. The zero-order valence-corrected chi connectivity index (χ0v) is 29.8. The first kappa shape index (κ1) is 31.2. The molecule has 0 atom stereocenters. The third kappa shape index (κ3) is 5.20. The molecule has 9 aromatic carbocycles. The van der Waals surface area contributed by atoms with E-state index in [2.05, 4.69) is 193 Å². The third-order valence-electron chi connectivity index (χ3n) is 10.9. The number of rotatable bonds is 6. The Morgan fingerprint density at radius 1 is 0.291 bits per heavy atom. The topological polar surface area (TPSA) is 29.5 Å². The predicted octanol–water partition coefficient (Wildman–Crippen LogP) is 15.1. The molecule has 11 rings (SSSR count). The lowest BCUT2D eigenvalue weighted by atomic mass is 9.97. The highest BCUT2D eigenvalue weighted by molar-refractivity contribution is 6.21. The molecule has 0 N–H and O–H groups in total. The van der Waals surface area contributed by atoms with Crippen molar-refractivity contribution in [3.63, 3.8) is 0 Å². The van der Waals surface area contributed by atoms with E-state index in [1.165, 1.54) is 11.1 Å². The van der Waals surface area contributed by atoms with Crippen molar-refractivity contribution in [2.45, 2.75) is 0 Å². The number of furan rings is 2. The number of fused-ring (bicyclic) bond motifs is 8. The van der Waals surface area contributed by atoms with E-state index in [0.29, 0.717) is 0 Å². The molecule has 0 aliphatic carbocycles. The van der Waals surface area contributed by atoms with E-state index >= 15 is 0 Å². The normalized spacial score (nSPS) is 11.6. The minimum Gasteiger partial charge on any atom is -0.456 e. The molecular formula is C52H33NO2. The Morgan fingerprint density at radius 3 is 1.69 bits per heavy atom. The van der Waals surface area contributed by atoms with Crippen molar-refractivity contribution in [3.8, 4) is 33.4 Å². The van der Waals surface area contributed by atoms with Crippen LogP contribution in [0.4, 0.5) is 17.1 Å². The van der Waals surface area contributed by atoms with Gasteiger partial charge in [0.2, 0.25) is 0 Å². The minimum absolute atomic E-state index is 0.891. The van der Waals surface area contributed by atoms with Crippen LogP contribution in [0.3, 0.4) is 0 Å². The van der Waals surface area contributed by atoms with Crippen molar-refractivity contribution in [1.29, 1.82) is 0 Å². The fraction of sp³-hybridized carbons (Fsp3) is 0. The quantitative estimate of drug-likeness (QED) is 0.173. The third-order valence-corrected chi connectivity index (χ3v) is 10.9. The van der Waals surface area contributed by atoms with Gasteiger partial charge in [-0.25, -0.2) is 0 Å². The van der Waals surface area contributed by atoms with Crippen LogP contribution in [0, 0.1) is 0 Å². The molecule has 258 valence electrons. The van der Waals surface area contributed by atoms with Gasteiger partial charge in [0, 0.05) is 49.3 Å². The van der Waals surface area contributed by atoms with Crippen molar-refractivity contribution >= 4 is 71.7 Å². The maximum atomic E-state index is 6.93. The van der Waals surface area contributed by atoms with Gasteiger partial charge in [0.15, 0.2) is 0 Å². The Balaban J connectivity index is 1.06. The van der Waals surface area contributed by atoms with Gasteiger partial charge in [-0.05, 0) is 82.4 Å². The molecule has 55 heavy (non-hydrogen) atoms. The maximum absolute atomic E-state index is 6.93. The fourth-order valence-corrected chi connectivity index (χ4v) is 8.22. The maximum Gasteiger partial charge on any atom is 0.143 e. The van der Waals surface area contributed by atoms with Crippen molar-refractivity contribution in [3.05, 3.63) is 200 Å². The summed E-state index contributed by atoms with van der Waals surface area (Å²) in [6.07, 6.45) is 0. The minimum atomic E-state index is 0.891. The summed E-state index contributed by atoms with van der Waals surface area (Å²) in [4.78, 5) is 2.36. The first-order valence-electron chi connectivity index (χ1n) is 18.7. The molecule has 0 saturated heterocycles. The number of hydrogen-bond donors (Lipinski definition) is 0. The average Bonchev–Trinajstić information content (AvgIpc) is 3.83. The van der Waals surface area contributed by atoms with E-state index in [0.717, 1.165) is 94.0 Å².